The second kappa shape index (κ2) is 16.1. The molecular weight excluding hydrogens is 518 g/mol. The summed E-state index contributed by atoms with van der Waals surface area (Å²) in [5.41, 5.74) is 4.52. The van der Waals surface area contributed by atoms with Gasteiger partial charge in [0.05, 0.1) is 26.5 Å². The Bertz CT molecular complexity index is 1270. The molecule has 41 heavy (non-hydrogen) atoms. The second-order valence-corrected chi connectivity index (χ2v) is 10.2. The highest BCUT2D eigenvalue weighted by Gasteiger charge is 2.22. The van der Waals surface area contributed by atoms with Gasteiger partial charge >= 0.3 is 0 Å². The Morgan fingerprint density at radius 1 is 0.805 bits per heavy atom. The molecule has 0 aliphatic carbocycles. The first-order valence-electron chi connectivity index (χ1n) is 14.0. The van der Waals surface area contributed by atoms with Gasteiger partial charge in [-0.25, -0.2) is 5.43 Å². The molecule has 218 valence electrons. The largest absolute Gasteiger partial charge is 0.494 e. The number of carbonyl (C=O) groups excluding carboxylic acids is 2. The third-order valence-corrected chi connectivity index (χ3v) is 6.37. The molecule has 0 bridgehead atoms. The lowest BCUT2D eigenvalue weighted by Gasteiger charge is -2.31. The van der Waals surface area contributed by atoms with Crippen molar-refractivity contribution in [3.8, 4) is 17.2 Å². The molecule has 8 nitrogen and oxygen atoms in total. The lowest BCUT2D eigenvalue weighted by atomic mass is 10.1. The summed E-state index contributed by atoms with van der Waals surface area (Å²) in [6.45, 7) is 9.21. The fourth-order valence-corrected chi connectivity index (χ4v) is 4.36. The van der Waals surface area contributed by atoms with Crippen molar-refractivity contribution in [3.05, 3.63) is 89.5 Å². The molecule has 0 radical (unpaired) electrons. The van der Waals surface area contributed by atoms with Gasteiger partial charge in [0.2, 0.25) is 0 Å². The quantitative estimate of drug-likeness (QED) is 0.133. The van der Waals surface area contributed by atoms with E-state index in [0.717, 1.165) is 30.6 Å². The first kappa shape index (κ1) is 31.2. The standard InChI is InChI=1S/C33H41N3O5/c1-24(2)36(25(3)4)33(38)28-16-19-30(31(22-28)39-5)41-21-11-7-10-20-40-29-17-14-26(15-18-29)23-34-35-32(37)27-12-8-6-9-13-27/h6,8-9,12-19,22-25H,7,10-11,20-21H2,1-5H3,(H,35,37). The van der Waals surface area contributed by atoms with Gasteiger partial charge in [0.15, 0.2) is 11.5 Å². The smallest absolute Gasteiger partial charge is 0.271 e. The Morgan fingerprint density at radius 3 is 2.10 bits per heavy atom. The van der Waals surface area contributed by atoms with Crippen LogP contribution >= 0.6 is 0 Å². The van der Waals surface area contributed by atoms with Gasteiger partial charge in [-0.15, -0.1) is 0 Å². The number of nitrogens with one attached hydrogen (secondary N) is 1. The van der Waals surface area contributed by atoms with E-state index in [1.165, 1.54) is 0 Å². The molecular formula is C33H41N3O5. The monoisotopic (exact) mass is 559 g/mol. The number of unbranched alkanes of at least 4 members (excludes halogenated alkanes) is 2. The lowest BCUT2D eigenvalue weighted by Crippen LogP contribution is -2.42. The highest BCUT2D eigenvalue weighted by molar-refractivity contribution is 5.95. The molecule has 0 fully saturated rings. The predicted molar refractivity (Wildman–Crippen MR) is 162 cm³/mol. The van der Waals surface area contributed by atoms with E-state index in [-0.39, 0.29) is 23.9 Å². The fourth-order valence-electron chi connectivity index (χ4n) is 4.36. The van der Waals surface area contributed by atoms with Gasteiger partial charge in [0.25, 0.3) is 11.8 Å². The molecule has 8 heteroatoms. The predicted octanol–water partition coefficient (Wildman–Crippen LogP) is 6.35. The van der Waals surface area contributed by atoms with Crippen LogP contribution in [-0.2, 0) is 0 Å². The van der Waals surface area contributed by atoms with Crippen LogP contribution in [0.1, 0.15) is 73.2 Å². The molecule has 0 aromatic heterocycles. The maximum absolute atomic E-state index is 13.0. The molecule has 3 aromatic carbocycles. The van der Waals surface area contributed by atoms with Crippen LogP contribution in [0.4, 0.5) is 0 Å². The molecule has 3 rings (SSSR count). The number of carbonyl (C=O) groups is 2. The number of amides is 2. The minimum absolute atomic E-state index is 0.0186. The Labute approximate surface area is 243 Å². The SMILES string of the molecule is COc1cc(C(=O)N(C(C)C)C(C)C)ccc1OCCCCCOc1ccc(C=NNC(=O)c2ccccc2)cc1. The minimum Gasteiger partial charge on any atom is -0.494 e. The van der Waals surface area contributed by atoms with Crippen molar-refractivity contribution in [2.45, 2.75) is 59.0 Å². The van der Waals surface area contributed by atoms with Crippen LogP contribution in [0, 0.1) is 0 Å². The van der Waals surface area contributed by atoms with Crippen LogP contribution in [0.2, 0.25) is 0 Å². The average Bonchev–Trinajstić information content (AvgIpc) is 2.97. The summed E-state index contributed by atoms with van der Waals surface area (Å²) in [6, 6.07) is 22.0. The molecule has 1 N–H and O–H groups in total. The van der Waals surface area contributed by atoms with Gasteiger partial charge in [0.1, 0.15) is 5.75 Å². The fraction of sp³-hybridized carbons (Fsp3) is 0.364. The van der Waals surface area contributed by atoms with E-state index in [2.05, 4.69) is 10.5 Å². The van der Waals surface area contributed by atoms with Crippen molar-refractivity contribution in [1.82, 2.24) is 10.3 Å². The average molecular weight is 560 g/mol. The summed E-state index contributed by atoms with van der Waals surface area (Å²) in [4.78, 5) is 26.9. The van der Waals surface area contributed by atoms with Gasteiger partial charge in [-0.2, -0.15) is 5.10 Å². The van der Waals surface area contributed by atoms with Gasteiger partial charge in [-0.05, 0) is 107 Å². The Hall–Kier alpha value is -4.33. The lowest BCUT2D eigenvalue weighted by molar-refractivity contribution is 0.0643. The summed E-state index contributed by atoms with van der Waals surface area (Å²) < 4.78 is 17.3. The van der Waals surface area contributed by atoms with Gasteiger partial charge < -0.3 is 19.1 Å². The van der Waals surface area contributed by atoms with Crippen molar-refractivity contribution in [2.75, 3.05) is 20.3 Å². The molecule has 2 amide bonds. The molecule has 0 spiro atoms. The molecule has 0 saturated carbocycles. The number of hydrogen-bond donors (Lipinski definition) is 1. The maximum atomic E-state index is 13.0. The zero-order chi connectivity index (χ0) is 29.6. The van der Waals surface area contributed by atoms with Gasteiger partial charge in [-0.3, -0.25) is 9.59 Å². The zero-order valence-corrected chi connectivity index (χ0v) is 24.6. The summed E-state index contributed by atoms with van der Waals surface area (Å²) >= 11 is 0. The molecule has 0 aliphatic rings. The van der Waals surface area contributed by atoms with Gasteiger partial charge in [-0.1, -0.05) is 18.2 Å². The number of ether oxygens (including phenoxy) is 3. The second-order valence-electron chi connectivity index (χ2n) is 10.2. The summed E-state index contributed by atoms with van der Waals surface area (Å²) in [6.07, 6.45) is 4.30. The van der Waals surface area contributed by atoms with Crippen LogP contribution in [0.15, 0.2) is 77.9 Å². The van der Waals surface area contributed by atoms with Gasteiger partial charge in [0, 0.05) is 23.2 Å². The maximum Gasteiger partial charge on any atom is 0.271 e. The van der Waals surface area contributed by atoms with Crippen molar-refractivity contribution >= 4 is 18.0 Å². The number of hydrogen-bond acceptors (Lipinski definition) is 6. The Morgan fingerprint density at radius 2 is 1.46 bits per heavy atom. The van der Waals surface area contributed by atoms with E-state index in [1.807, 2.05) is 75.1 Å². The van der Waals surface area contributed by atoms with E-state index in [9.17, 15) is 9.59 Å². The van der Waals surface area contributed by atoms with Crippen molar-refractivity contribution in [1.29, 1.82) is 0 Å². The molecule has 0 unspecified atom stereocenters. The third kappa shape index (κ3) is 9.67. The summed E-state index contributed by atoms with van der Waals surface area (Å²) in [5, 5.41) is 4.01. The van der Waals surface area contributed by atoms with Crippen LogP contribution in [-0.4, -0.2) is 55.3 Å². The normalized spacial score (nSPS) is 11.1. The van der Waals surface area contributed by atoms with Crippen molar-refractivity contribution < 1.29 is 23.8 Å². The molecule has 0 atom stereocenters. The first-order chi connectivity index (χ1) is 19.8. The van der Waals surface area contributed by atoms with Crippen molar-refractivity contribution in [2.24, 2.45) is 5.10 Å². The number of benzene rings is 3. The third-order valence-electron chi connectivity index (χ3n) is 6.37. The molecule has 0 saturated heterocycles. The summed E-state index contributed by atoms with van der Waals surface area (Å²) in [7, 11) is 1.58. The summed E-state index contributed by atoms with van der Waals surface area (Å²) in [5.74, 6) is 1.69. The van der Waals surface area contributed by atoms with E-state index >= 15 is 0 Å². The number of rotatable bonds is 15. The highest BCUT2D eigenvalue weighted by atomic mass is 16.5. The molecule has 3 aromatic rings. The van der Waals surface area contributed by atoms with E-state index in [4.69, 9.17) is 14.2 Å². The number of nitrogens with zero attached hydrogens (tertiary/aromatic N) is 2. The van der Waals surface area contributed by atoms with Crippen LogP contribution in [0.3, 0.4) is 0 Å². The van der Waals surface area contributed by atoms with E-state index in [1.54, 1.807) is 43.7 Å². The van der Waals surface area contributed by atoms with E-state index in [0.29, 0.717) is 35.8 Å². The molecule has 0 heterocycles. The number of methoxy groups -OCH3 is 1. The van der Waals surface area contributed by atoms with Crippen molar-refractivity contribution in [3.63, 3.8) is 0 Å². The van der Waals surface area contributed by atoms with E-state index < -0.39 is 0 Å². The number of hydrazone groups is 1. The van der Waals surface area contributed by atoms with Crippen LogP contribution in [0.5, 0.6) is 17.2 Å². The topological polar surface area (TPSA) is 89.5 Å². The molecule has 0 aliphatic heterocycles. The minimum atomic E-state index is -0.254. The van der Waals surface area contributed by atoms with Crippen LogP contribution < -0.4 is 19.6 Å². The first-order valence-corrected chi connectivity index (χ1v) is 14.0. The highest BCUT2D eigenvalue weighted by Crippen LogP contribution is 2.29. The zero-order valence-electron chi connectivity index (χ0n) is 24.6. The Balaban J connectivity index is 1.35. The van der Waals surface area contributed by atoms with Crippen LogP contribution in [0.25, 0.3) is 0 Å². The Kier molecular flexibility index (Phi) is 12.2.